The molecule has 198 valence electrons. The van der Waals surface area contributed by atoms with Crippen LogP contribution in [0.1, 0.15) is 22.8 Å². The first kappa shape index (κ1) is 25.8. The zero-order valence-corrected chi connectivity index (χ0v) is 22.3. The summed E-state index contributed by atoms with van der Waals surface area (Å²) in [7, 11) is 3.29. The van der Waals surface area contributed by atoms with E-state index in [9.17, 15) is 4.79 Å². The lowest BCUT2D eigenvalue weighted by Gasteiger charge is -2.26. The topological polar surface area (TPSA) is 75.8 Å². The second-order valence-electron chi connectivity index (χ2n) is 9.45. The van der Waals surface area contributed by atoms with Crippen molar-refractivity contribution in [3.8, 4) is 33.9 Å². The van der Waals surface area contributed by atoms with Crippen molar-refractivity contribution in [3.05, 3.63) is 71.8 Å². The van der Waals surface area contributed by atoms with Crippen molar-refractivity contribution < 1.29 is 19.0 Å². The smallest absolute Gasteiger partial charge is 0.251 e. The maximum absolute atomic E-state index is 12.9. The maximum atomic E-state index is 12.9. The van der Waals surface area contributed by atoms with Crippen LogP contribution in [0, 0.1) is 0 Å². The standard InChI is InChI=1S/C31H35N3O4/c1-4-25-26-19-22(8-10-27(26)33-30(25)23-9-11-28(36-2)29(20-23)37-3)21-6-5-7-24(18-21)31(35)32-12-13-34-14-16-38-17-15-34/h5-11,18-20,33H,4,12-17H2,1-3H3,(H,32,35). The van der Waals surface area contributed by atoms with E-state index in [1.54, 1.807) is 14.2 Å². The lowest BCUT2D eigenvalue weighted by Crippen LogP contribution is -2.41. The number of hydrogen-bond acceptors (Lipinski definition) is 5. The van der Waals surface area contributed by atoms with E-state index in [2.05, 4.69) is 46.4 Å². The minimum absolute atomic E-state index is 0.0483. The highest BCUT2D eigenvalue weighted by atomic mass is 16.5. The van der Waals surface area contributed by atoms with Crippen LogP contribution in [0.4, 0.5) is 0 Å². The van der Waals surface area contributed by atoms with Gasteiger partial charge >= 0.3 is 0 Å². The molecule has 1 aliphatic heterocycles. The van der Waals surface area contributed by atoms with Gasteiger partial charge in [0.05, 0.1) is 27.4 Å². The Balaban J connectivity index is 1.38. The fourth-order valence-corrected chi connectivity index (χ4v) is 5.13. The van der Waals surface area contributed by atoms with Gasteiger partial charge in [-0.1, -0.05) is 25.1 Å². The molecule has 1 fully saturated rings. The lowest BCUT2D eigenvalue weighted by molar-refractivity contribution is 0.0383. The fourth-order valence-electron chi connectivity index (χ4n) is 5.13. The quantitative estimate of drug-likeness (QED) is 0.324. The first-order chi connectivity index (χ1) is 18.6. The normalized spacial score (nSPS) is 14.0. The minimum atomic E-state index is -0.0483. The Morgan fingerprint density at radius 3 is 2.47 bits per heavy atom. The van der Waals surface area contributed by atoms with Gasteiger partial charge in [0.1, 0.15) is 0 Å². The summed E-state index contributed by atoms with van der Waals surface area (Å²) in [5, 5.41) is 4.24. The molecule has 7 nitrogen and oxygen atoms in total. The number of aryl methyl sites for hydroxylation is 1. The number of amides is 1. The number of aromatic nitrogens is 1. The van der Waals surface area contributed by atoms with Gasteiger partial charge in [-0.05, 0) is 65.6 Å². The molecule has 0 unspecified atom stereocenters. The number of nitrogens with zero attached hydrogens (tertiary/aromatic N) is 1. The summed E-state index contributed by atoms with van der Waals surface area (Å²) in [6, 6.07) is 20.3. The number of hydrogen-bond donors (Lipinski definition) is 2. The van der Waals surface area contributed by atoms with Gasteiger partial charge in [-0.3, -0.25) is 9.69 Å². The van der Waals surface area contributed by atoms with Crippen LogP contribution in [0.5, 0.6) is 11.5 Å². The molecule has 0 bridgehead atoms. The van der Waals surface area contributed by atoms with Crippen molar-refractivity contribution in [2.24, 2.45) is 0 Å². The van der Waals surface area contributed by atoms with E-state index in [4.69, 9.17) is 14.2 Å². The van der Waals surface area contributed by atoms with E-state index in [0.717, 1.165) is 67.2 Å². The number of H-pyrrole nitrogens is 1. The Morgan fingerprint density at radius 2 is 1.71 bits per heavy atom. The number of benzene rings is 3. The third kappa shape index (κ3) is 5.39. The van der Waals surface area contributed by atoms with E-state index in [0.29, 0.717) is 23.6 Å². The number of fused-ring (bicyclic) bond motifs is 1. The van der Waals surface area contributed by atoms with Gasteiger partial charge in [0.15, 0.2) is 11.5 Å². The first-order valence-corrected chi connectivity index (χ1v) is 13.2. The molecule has 0 radical (unpaired) electrons. The summed E-state index contributed by atoms with van der Waals surface area (Å²) in [5.74, 6) is 1.36. The van der Waals surface area contributed by atoms with Crippen LogP contribution in [0.3, 0.4) is 0 Å². The zero-order chi connectivity index (χ0) is 26.5. The molecule has 0 saturated carbocycles. The van der Waals surface area contributed by atoms with Gasteiger partial charge in [-0.25, -0.2) is 0 Å². The highest BCUT2D eigenvalue weighted by Crippen LogP contribution is 2.37. The SMILES string of the molecule is CCc1c(-c2ccc(OC)c(OC)c2)[nH]c2ccc(-c3cccc(C(=O)NCCN4CCOCC4)c3)cc12. The Bertz CT molecular complexity index is 1420. The molecule has 3 aromatic carbocycles. The molecule has 5 rings (SSSR count). The minimum Gasteiger partial charge on any atom is -0.493 e. The van der Waals surface area contributed by atoms with Crippen LogP contribution in [-0.2, 0) is 11.2 Å². The second kappa shape index (κ2) is 11.7. The van der Waals surface area contributed by atoms with Gasteiger partial charge in [0.25, 0.3) is 5.91 Å². The van der Waals surface area contributed by atoms with E-state index < -0.39 is 0 Å². The predicted molar refractivity (Wildman–Crippen MR) is 151 cm³/mol. The molecule has 0 aliphatic carbocycles. The summed E-state index contributed by atoms with van der Waals surface area (Å²) >= 11 is 0. The average Bonchev–Trinajstić information content (AvgIpc) is 3.35. The van der Waals surface area contributed by atoms with E-state index in [1.807, 2.05) is 36.4 Å². The number of ether oxygens (including phenoxy) is 3. The lowest BCUT2D eigenvalue weighted by atomic mass is 9.98. The third-order valence-electron chi connectivity index (χ3n) is 7.21. The summed E-state index contributed by atoms with van der Waals surface area (Å²) in [5.41, 5.74) is 7.21. The van der Waals surface area contributed by atoms with Crippen LogP contribution in [0.25, 0.3) is 33.3 Å². The van der Waals surface area contributed by atoms with Crippen molar-refractivity contribution in [1.29, 1.82) is 0 Å². The van der Waals surface area contributed by atoms with Gasteiger partial charge < -0.3 is 24.5 Å². The van der Waals surface area contributed by atoms with Crippen LogP contribution >= 0.6 is 0 Å². The van der Waals surface area contributed by atoms with Gasteiger partial charge in [0, 0.05) is 53.9 Å². The van der Waals surface area contributed by atoms with Crippen molar-refractivity contribution in [1.82, 2.24) is 15.2 Å². The molecular formula is C31H35N3O4. The Labute approximate surface area is 223 Å². The van der Waals surface area contributed by atoms with Gasteiger partial charge in [-0.15, -0.1) is 0 Å². The highest BCUT2D eigenvalue weighted by Gasteiger charge is 2.16. The molecule has 2 N–H and O–H groups in total. The highest BCUT2D eigenvalue weighted by molar-refractivity contribution is 5.97. The van der Waals surface area contributed by atoms with Crippen LogP contribution in [0.15, 0.2) is 60.7 Å². The molecule has 1 aromatic heterocycles. The number of nitrogens with one attached hydrogen (secondary N) is 2. The van der Waals surface area contributed by atoms with E-state index in [1.165, 1.54) is 10.9 Å². The molecule has 2 heterocycles. The Kier molecular flexibility index (Phi) is 7.96. The molecular weight excluding hydrogens is 478 g/mol. The molecule has 0 spiro atoms. The number of rotatable bonds is 9. The van der Waals surface area contributed by atoms with Crippen LogP contribution in [-0.4, -0.2) is 69.4 Å². The summed E-state index contributed by atoms with van der Waals surface area (Å²) < 4.78 is 16.3. The largest absolute Gasteiger partial charge is 0.493 e. The van der Waals surface area contributed by atoms with E-state index >= 15 is 0 Å². The molecule has 0 atom stereocenters. The summed E-state index contributed by atoms with van der Waals surface area (Å²) in [4.78, 5) is 18.8. The Hall–Kier alpha value is -3.81. The second-order valence-corrected chi connectivity index (χ2v) is 9.45. The predicted octanol–water partition coefficient (Wildman–Crippen LogP) is 5.14. The van der Waals surface area contributed by atoms with Gasteiger partial charge in [-0.2, -0.15) is 0 Å². The molecule has 1 aliphatic rings. The average molecular weight is 514 g/mol. The number of morpholine rings is 1. The first-order valence-electron chi connectivity index (χ1n) is 13.2. The fraction of sp³-hybridized carbons (Fsp3) is 0.323. The van der Waals surface area contributed by atoms with Crippen molar-refractivity contribution in [3.63, 3.8) is 0 Å². The maximum Gasteiger partial charge on any atom is 0.251 e. The van der Waals surface area contributed by atoms with Crippen LogP contribution < -0.4 is 14.8 Å². The zero-order valence-electron chi connectivity index (χ0n) is 22.3. The third-order valence-corrected chi connectivity index (χ3v) is 7.21. The molecule has 1 amide bonds. The molecule has 4 aromatic rings. The summed E-state index contributed by atoms with van der Waals surface area (Å²) in [6.45, 7) is 6.98. The van der Waals surface area contributed by atoms with Gasteiger partial charge in [0.2, 0.25) is 0 Å². The number of methoxy groups -OCH3 is 2. The van der Waals surface area contributed by atoms with E-state index in [-0.39, 0.29) is 5.91 Å². The monoisotopic (exact) mass is 513 g/mol. The number of carbonyl (C=O) groups is 1. The van der Waals surface area contributed by atoms with Crippen molar-refractivity contribution in [2.45, 2.75) is 13.3 Å². The van der Waals surface area contributed by atoms with Crippen molar-refractivity contribution >= 4 is 16.8 Å². The number of aromatic amines is 1. The summed E-state index contributed by atoms with van der Waals surface area (Å²) in [6.07, 6.45) is 0.874. The number of carbonyl (C=O) groups excluding carboxylic acids is 1. The molecule has 7 heteroatoms. The Morgan fingerprint density at radius 1 is 0.947 bits per heavy atom. The van der Waals surface area contributed by atoms with Crippen LogP contribution in [0.2, 0.25) is 0 Å². The molecule has 38 heavy (non-hydrogen) atoms. The van der Waals surface area contributed by atoms with Crippen molar-refractivity contribution in [2.75, 3.05) is 53.6 Å². The molecule has 1 saturated heterocycles.